The van der Waals surface area contributed by atoms with Gasteiger partial charge in [-0.2, -0.15) is 0 Å². The van der Waals surface area contributed by atoms with Gasteiger partial charge < -0.3 is 15.2 Å². The van der Waals surface area contributed by atoms with Crippen molar-refractivity contribution < 1.29 is 24.2 Å². The molecule has 10 nitrogen and oxygen atoms in total. The quantitative estimate of drug-likeness (QED) is 0.256. The van der Waals surface area contributed by atoms with E-state index in [1.54, 1.807) is 24.3 Å². The van der Waals surface area contributed by atoms with Crippen LogP contribution < -0.4 is 20.9 Å². The maximum absolute atomic E-state index is 12.5. The first-order chi connectivity index (χ1) is 18.3. The molecular formula is C28H33N5O5. The average Bonchev–Trinajstić information content (AvgIpc) is 2.90. The van der Waals surface area contributed by atoms with Gasteiger partial charge in [0.05, 0.1) is 6.54 Å². The monoisotopic (exact) mass is 519 g/mol. The van der Waals surface area contributed by atoms with Crippen molar-refractivity contribution >= 4 is 17.9 Å². The van der Waals surface area contributed by atoms with E-state index in [1.165, 1.54) is 24.1 Å². The maximum Gasteiger partial charge on any atom is 0.329 e. The summed E-state index contributed by atoms with van der Waals surface area (Å²) in [6.45, 7) is 0.601. The Kier molecular flexibility index (Phi) is 10.6. The number of ether oxygens (including phenoxy) is 1. The standard InChI is InChI=1S/C28H33N5O5/c1-32(31-28(37)29-18-22-9-5-3-6-10-22)19-26(34)30-33(2)25(27(35)36)17-21-13-15-24(16-14-21)38-20-23-11-7-4-8-12-23/h3-16,25H,17-20H2,1-2H3,(H,30,34)(H,35,36)(H2,29,31,37). The second-order valence-electron chi connectivity index (χ2n) is 8.76. The van der Waals surface area contributed by atoms with Gasteiger partial charge in [-0.1, -0.05) is 72.8 Å². The number of hydrogen-bond acceptors (Lipinski definition) is 6. The second kappa shape index (κ2) is 14.4. The lowest BCUT2D eigenvalue weighted by molar-refractivity contribution is -0.145. The molecule has 0 spiro atoms. The third-order valence-corrected chi connectivity index (χ3v) is 5.62. The molecule has 200 valence electrons. The molecule has 0 radical (unpaired) electrons. The van der Waals surface area contributed by atoms with Crippen LogP contribution >= 0.6 is 0 Å². The molecule has 0 heterocycles. The van der Waals surface area contributed by atoms with E-state index in [-0.39, 0.29) is 13.0 Å². The molecule has 3 rings (SSSR count). The molecule has 0 aliphatic carbocycles. The Morgan fingerprint density at radius 2 is 1.42 bits per heavy atom. The van der Waals surface area contributed by atoms with Crippen LogP contribution in [0.15, 0.2) is 84.9 Å². The summed E-state index contributed by atoms with van der Waals surface area (Å²) in [5, 5.41) is 15.0. The minimum absolute atomic E-state index is 0.168. The van der Waals surface area contributed by atoms with E-state index in [0.29, 0.717) is 18.9 Å². The zero-order valence-corrected chi connectivity index (χ0v) is 21.5. The lowest BCUT2D eigenvalue weighted by Gasteiger charge is -2.26. The highest BCUT2D eigenvalue weighted by molar-refractivity contribution is 5.80. The molecule has 0 aliphatic rings. The van der Waals surface area contributed by atoms with Gasteiger partial charge >= 0.3 is 12.0 Å². The van der Waals surface area contributed by atoms with Crippen LogP contribution in [0.4, 0.5) is 4.79 Å². The van der Waals surface area contributed by atoms with Gasteiger partial charge in [-0.05, 0) is 28.8 Å². The Hall–Kier alpha value is -4.41. The molecule has 0 bridgehead atoms. The molecule has 0 saturated carbocycles. The van der Waals surface area contributed by atoms with Crippen LogP contribution in [0.1, 0.15) is 16.7 Å². The molecule has 0 aromatic heterocycles. The number of carboxylic acids is 1. The zero-order chi connectivity index (χ0) is 27.3. The predicted octanol–water partition coefficient (Wildman–Crippen LogP) is 2.57. The highest BCUT2D eigenvalue weighted by Crippen LogP contribution is 2.16. The van der Waals surface area contributed by atoms with Crippen LogP contribution in [0.5, 0.6) is 5.75 Å². The number of hydrogen-bond donors (Lipinski definition) is 4. The molecule has 0 aliphatic heterocycles. The summed E-state index contributed by atoms with van der Waals surface area (Å²) in [7, 11) is 3.03. The van der Waals surface area contributed by atoms with Crippen molar-refractivity contribution in [3.05, 3.63) is 102 Å². The van der Waals surface area contributed by atoms with E-state index in [4.69, 9.17) is 4.74 Å². The fourth-order valence-corrected chi connectivity index (χ4v) is 3.63. The number of amides is 3. The van der Waals surface area contributed by atoms with Gasteiger partial charge in [0.2, 0.25) is 5.91 Å². The van der Waals surface area contributed by atoms with Crippen molar-refractivity contribution in [2.75, 3.05) is 20.6 Å². The number of hydrazine groups is 2. The molecule has 3 aromatic rings. The van der Waals surface area contributed by atoms with E-state index >= 15 is 0 Å². The van der Waals surface area contributed by atoms with Gasteiger partial charge in [-0.15, -0.1) is 0 Å². The second-order valence-corrected chi connectivity index (χ2v) is 8.76. The van der Waals surface area contributed by atoms with Crippen molar-refractivity contribution in [3.63, 3.8) is 0 Å². The number of carbonyl (C=O) groups is 3. The third-order valence-electron chi connectivity index (χ3n) is 5.62. The summed E-state index contributed by atoms with van der Waals surface area (Å²) in [6.07, 6.45) is 0.168. The molecular weight excluding hydrogens is 486 g/mol. The molecule has 1 unspecified atom stereocenters. The normalized spacial score (nSPS) is 11.6. The minimum atomic E-state index is -1.08. The Balaban J connectivity index is 1.44. The van der Waals surface area contributed by atoms with Crippen LogP contribution in [-0.4, -0.2) is 59.7 Å². The first-order valence-corrected chi connectivity index (χ1v) is 12.1. The minimum Gasteiger partial charge on any atom is -0.489 e. The summed E-state index contributed by atoms with van der Waals surface area (Å²) in [4.78, 5) is 36.5. The number of aliphatic carboxylic acids is 1. The summed E-state index contributed by atoms with van der Waals surface area (Å²) in [5.41, 5.74) is 7.89. The van der Waals surface area contributed by atoms with Crippen molar-refractivity contribution in [2.24, 2.45) is 0 Å². The zero-order valence-electron chi connectivity index (χ0n) is 21.5. The number of carbonyl (C=O) groups excluding carboxylic acids is 2. The van der Waals surface area contributed by atoms with Crippen LogP contribution in [-0.2, 0) is 29.2 Å². The smallest absolute Gasteiger partial charge is 0.329 e. The molecule has 3 aromatic carbocycles. The Labute approximate surface area is 222 Å². The summed E-state index contributed by atoms with van der Waals surface area (Å²) < 4.78 is 5.78. The average molecular weight is 520 g/mol. The van der Waals surface area contributed by atoms with Crippen molar-refractivity contribution in [2.45, 2.75) is 25.6 Å². The number of benzene rings is 3. The molecule has 4 N–H and O–H groups in total. The van der Waals surface area contributed by atoms with Crippen molar-refractivity contribution in [1.29, 1.82) is 0 Å². The van der Waals surface area contributed by atoms with E-state index in [2.05, 4.69) is 16.2 Å². The number of carboxylic acid groups (broad SMARTS) is 1. The van der Waals surface area contributed by atoms with Gasteiger partial charge in [-0.25, -0.2) is 14.8 Å². The van der Waals surface area contributed by atoms with Crippen LogP contribution in [0.2, 0.25) is 0 Å². The SMILES string of the molecule is CN(CC(=O)NN(C)C(Cc1ccc(OCc2ccccc2)cc1)C(=O)O)NC(=O)NCc1ccccc1. The summed E-state index contributed by atoms with van der Waals surface area (Å²) in [6, 6.07) is 24.9. The summed E-state index contributed by atoms with van der Waals surface area (Å²) in [5.74, 6) is -0.882. The maximum atomic E-state index is 12.5. The predicted molar refractivity (Wildman–Crippen MR) is 143 cm³/mol. The van der Waals surface area contributed by atoms with E-state index < -0.39 is 23.9 Å². The molecule has 1 atom stereocenters. The van der Waals surface area contributed by atoms with Crippen LogP contribution in [0.3, 0.4) is 0 Å². The Bertz CT molecular complexity index is 1180. The van der Waals surface area contributed by atoms with Gasteiger partial charge in [-0.3, -0.25) is 20.4 Å². The van der Waals surface area contributed by atoms with Gasteiger partial charge in [0, 0.05) is 27.1 Å². The van der Waals surface area contributed by atoms with Gasteiger partial charge in [0.1, 0.15) is 18.4 Å². The molecule has 38 heavy (non-hydrogen) atoms. The third kappa shape index (κ3) is 9.57. The molecule has 0 fully saturated rings. The highest BCUT2D eigenvalue weighted by Gasteiger charge is 2.25. The van der Waals surface area contributed by atoms with Crippen LogP contribution in [0.25, 0.3) is 0 Å². The van der Waals surface area contributed by atoms with Gasteiger partial charge in [0.25, 0.3) is 0 Å². The number of likely N-dealkylation sites (N-methyl/N-ethyl adjacent to an activating group) is 2. The first-order valence-electron chi connectivity index (χ1n) is 12.1. The Morgan fingerprint density at radius 1 is 0.816 bits per heavy atom. The van der Waals surface area contributed by atoms with Crippen molar-refractivity contribution in [1.82, 2.24) is 26.2 Å². The molecule has 3 amide bonds. The fourth-order valence-electron chi connectivity index (χ4n) is 3.63. The van der Waals surface area contributed by atoms with E-state index in [9.17, 15) is 19.5 Å². The topological polar surface area (TPSA) is 123 Å². The lowest BCUT2D eigenvalue weighted by Crippen LogP contribution is -2.54. The Morgan fingerprint density at radius 3 is 2.03 bits per heavy atom. The number of urea groups is 1. The summed E-state index contributed by atoms with van der Waals surface area (Å²) >= 11 is 0. The first kappa shape index (κ1) is 28.2. The fraction of sp³-hybridized carbons (Fsp3) is 0.250. The van der Waals surface area contributed by atoms with Crippen LogP contribution in [0, 0.1) is 0 Å². The van der Waals surface area contributed by atoms with Crippen molar-refractivity contribution in [3.8, 4) is 5.75 Å². The molecule has 10 heteroatoms. The van der Waals surface area contributed by atoms with E-state index in [0.717, 1.165) is 16.7 Å². The number of rotatable bonds is 13. The van der Waals surface area contributed by atoms with E-state index in [1.807, 2.05) is 60.7 Å². The highest BCUT2D eigenvalue weighted by atomic mass is 16.5. The number of nitrogens with zero attached hydrogens (tertiary/aromatic N) is 2. The largest absolute Gasteiger partial charge is 0.489 e. The molecule has 0 saturated heterocycles. The van der Waals surface area contributed by atoms with Gasteiger partial charge in [0.15, 0.2) is 0 Å². The number of nitrogens with one attached hydrogen (secondary N) is 3. The lowest BCUT2D eigenvalue weighted by atomic mass is 10.1.